The lowest BCUT2D eigenvalue weighted by Gasteiger charge is -2.08. The van der Waals surface area contributed by atoms with Gasteiger partial charge in [-0.3, -0.25) is 0 Å². The summed E-state index contributed by atoms with van der Waals surface area (Å²) in [6.45, 7) is 4.14. The summed E-state index contributed by atoms with van der Waals surface area (Å²) in [4.78, 5) is 2.40. The normalized spacial score (nSPS) is 10.8. The lowest BCUT2D eigenvalue weighted by atomic mass is 10.2. The Balaban J connectivity index is 2.03. The smallest absolute Gasteiger partial charge is 0.0406 e. The minimum Gasteiger partial charge on any atom is -0.313 e. The van der Waals surface area contributed by atoms with E-state index in [1.165, 1.54) is 15.4 Å². The molecule has 0 fully saturated rings. The van der Waals surface area contributed by atoms with Gasteiger partial charge in [0.05, 0.1) is 0 Å². The van der Waals surface area contributed by atoms with Crippen molar-refractivity contribution in [1.82, 2.24) is 5.32 Å². The third kappa shape index (κ3) is 4.81. The van der Waals surface area contributed by atoms with Crippen molar-refractivity contribution in [3.05, 3.63) is 57.5 Å². The topological polar surface area (TPSA) is 12.0 Å². The summed E-state index contributed by atoms with van der Waals surface area (Å²) in [6, 6.07) is 14.4. The first-order chi connectivity index (χ1) is 9.69. The molecule has 2 aromatic carbocycles. The molecule has 0 atom stereocenters. The number of halogens is 2. The highest BCUT2D eigenvalue weighted by atomic mass is 79.9. The van der Waals surface area contributed by atoms with E-state index in [9.17, 15) is 0 Å². The Kier molecular flexibility index (Phi) is 6.43. The zero-order chi connectivity index (χ0) is 14.4. The predicted molar refractivity (Wildman–Crippen MR) is 91.7 cm³/mol. The predicted octanol–water partition coefficient (Wildman–Crippen LogP) is 5.75. The molecule has 0 radical (unpaired) electrons. The molecule has 0 amide bonds. The molecule has 0 aromatic heterocycles. The molecule has 2 aromatic rings. The first-order valence-corrected chi connectivity index (χ1v) is 8.60. The van der Waals surface area contributed by atoms with Gasteiger partial charge in [0.1, 0.15) is 0 Å². The van der Waals surface area contributed by atoms with Gasteiger partial charge in [0, 0.05) is 25.8 Å². The molecular weight excluding hydrogens is 354 g/mol. The fourth-order valence-corrected chi connectivity index (χ4v) is 3.39. The number of rotatable bonds is 6. The van der Waals surface area contributed by atoms with Crippen LogP contribution in [0.3, 0.4) is 0 Å². The van der Waals surface area contributed by atoms with Crippen LogP contribution in [-0.4, -0.2) is 6.54 Å². The molecule has 0 aliphatic heterocycles. The molecule has 0 aliphatic rings. The molecule has 0 saturated heterocycles. The first-order valence-electron chi connectivity index (χ1n) is 6.61. The maximum absolute atomic E-state index is 5.90. The summed E-state index contributed by atoms with van der Waals surface area (Å²) in [5, 5.41) is 4.18. The van der Waals surface area contributed by atoms with Crippen LogP contribution in [0.2, 0.25) is 5.02 Å². The van der Waals surface area contributed by atoms with Gasteiger partial charge in [0.25, 0.3) is 0 Å². The third-order valence-corrected chi connectivity index (χ3v) is 5.05. The van der Waals surface area contributed by atoms with Gasteiger partial charge in [-0.15, -0.1) is 0 Å². The average molecular weight is 371 g/mol. The second-order valence-electron chi connectivity index (χ2n) is 4.50. The second kappa shape index (κ2) is 8.08. The van der Waals surface area contributed by atoms with E-state index in [1.54, 1.807) is 11.8 Å². The molecule has 4 heteroatoms. The SMILES string of the molecule is CCCNCc1ccc(Sc2ccc(Cl)cc2)c(Br)c1. The first kappa shape index (κ1) is 15.9. The Bertz CT molecular complexity index is 557. The van der Waals surface area contributed by atoms with Crippen LogP contribution in [0.5, 0.6) is 0 Å². The number of benzene rings is 2. The van der Waals surface area contributed by atoms with Crippen molar-refractivity contribution in [2.75, 3.05) is 6.54 Å². The van der Waals surface area contributed by atoms with Crippen LogP contribution in [-0.2, 0) is 6.54 Å². The fraction of sp³-hybridized carbons (Fsp3) is 0.250. The summed E-state index contributed by atoms with van der Waals surface area (Å²) < 4.78 is 1.13. The minimum absolute atomic E-state index is 0.769. The number of hydrogen-bond acceptors (Lipinski definition) is 2. The van der Waals surface area contributed by atoms with E-state index in [2.05, 4.69) is 46.4 Å². The summed E-state index contributed by atoms with van der Waals surface area (Å²) >= 11 is 11.3. The Morgan fingerprint density at radius 2 is 1.90 bits per heavy atom. The van der Waals surface area contributed by atoms with Gasteiger partial charge in [-0.1, -0.05) is 36.4 Å². The highest BCUT2D eigenvalue weighted by molar-refractivity contribution is 9.10. The molecule has 0 saturated carbocycles. The van der Waals surface area contributed by atoms with Gasteiger partial charge < -0.3 is 5.32 Å². The Hall–Kier alpha value is -0.480. The van der Waals surface area contributed by atoms with E-state index in [0.717, 1.165) is 29.0 Å². The summed E-state index contributed by atoms with van der Waals surface area (Å²) in [6.07, 6.45) is 1.16. The van der Waals surface area contributed by atoms with E-state index in [4.69, 9.17) is 11.6 Å². The molecule has 2 rings (SSSR count). The Labute approximate surface area is 138 Å². The van der Waals surface area contributed by atoms with E-state index in [-0.39, 0.29) is 0 Å². The molecule has 0 spiro atoms. The molecular formula is C16H17BrClNS. The van der Waals surface area contributed by atoms with E-state index in [0.29, 0.717) is 0 Å². The van der Waals surface area contributed by atoms with Crippen LogP contribution in [0.25, 0.3) is 0 Å². The van der Waals surface area contributed by atoms with Crippen molar-refractivity contribution in [3.8, 4) is 0 Å². The van der Waals surface area contributed by atoms with E-state index < -0.39 is 0 Å². The summed E-state index contributed by atoms with van der Waals surface area (Å²) in [7, 11) is 0. The van der Waals surface area contributed by atoms with Crippen molar-refractivity contribution in [1.29, 1.82) is 0 Å². The van der Waals surface area contributed by atoms with Gasteiger partial charge in [-0.05, 0) is 70.9 Å². The average Bonchev–Trinajstić information content (AvgIpc) is 2.44. The maximum atomic E-state index is 5.90. The molecule has 0 bridgehead atoms. The lowest BCUT2D eigenvalue weighted by molar-refractivity contribution is 0.675. The van der Waals surface area contributed by atoms with Crippen molar-refractivity contribution < 1.29 is 0 Å². The zero-order valence-corrected chi connectivity index (χ0v) is 14.5. The van der Waals surface area contributed by atoms with E-state index >= 15 is 0 Å². The minimum atomic E-state index is 0.769. The van der Waals surface area contributed by atoms with Gasteiger partial charge in [-0.25, -0.2) is 0 Å². The molecule has 0 unspecified atom stereocenters. The Morgan fingerprint density at radius 3 is 2.55 bits per heavy atom. The molecule has 0 heterocycles. The van der Waals surface area contributed by atoms with Crippen molar-refractivity contribution in [2.24, 2.45) is 0 Å². The van der Waals surface area contributed by atoms with Crippen LogP contribution >= 0.6 is 39.3 Å². The fourth-order valence-electron chi connectivity index (χ4n) is 1.78. The second-order valence-corrected chi connectivity index (χ2v) is 6.90. The van der Waals surface area contributed by atoms with E-state index in [1.807, 2.05) is 24.3 Å². The van der Waals surface area contributed by atoms with Gasteiger partial charge in [0.15, 0.2) is 0 Å². The maximum Gasteiger partial charge on any atom is 0.0406 e. The monoisotopic (exact) mass is 369 g/mol. The number of hydrogen-bond donors (Lipinski definition) is 1. The molecule has 20 heavy (non-hydrogen) atoms. The highest BCUT2D eigenvalue weighted by Gasteiger charge is 2.04. The largest absolute Gasteiger partial charge is 0.313 e. The zero-order valence-electron chi connectivity index (χ0n) is 11.3. The molecule has 1 N–H and O–H groups in total. The van der Waals surface area contributed by atoms with Crippen LogP contribution in [0.4, 0.5) is 0 Å². The molecule has 1 nitrogen and oxygen atoms in total. The van der Waals surface area contributed by atoms with Gasteiger partial charge in [-0.2, -0.15) is 0 Å². The summed E-state index contributed by atoms with van der Waals surface area (Å²) in [5.41, 5.74) is 1.30. The summed E-state index contributed by atoms with van der Waals surface area (Å²) in [5.74, 6) is 0. The third-order valence-electron chi connectivity index (χ3n) is 2.79. The quantitative estimate of drug-likeness (QED) is 0.649. The van der Waals surface area contributed by atoms with Crippen LogP contribution in [0, 0.1) is 0 Å². The lowest BCUT2D eigenvalue weighted by Crippen LogP contribution is -2.13. The standard InChI is InChI=1S/C16H17BrClNS/c1-2-9-19-11-12-3-8-16(15(17)10-12)20-14-6-4-13(18)5-7-14/h3-8,10,19H,2,9,11H2,1H3. The van der Waals surface area contributed by atoms with Crippen molar-refractivity contribution >= 4 is 39.3 Å². The van der Waals surface area contributed by atoms with Crippen molar-refractivity contribution in [2.45, 2.75) is 29.7 Å². The highest BCUT2D eigenvalue weighted by Crippen LogP contribution is 2.34. The van der Waals surface area contributed by atoms with Crippen LogP contribution < -0.4 is 5.32 Å². The van der Waals surface area contributed by atoms with Gasteiger partial charge in [0.2, 0.25) is 0 Å². The molecule has 106 valence electrons. The van der Waals surface area contributed by atoms with Crippen LogP contribution in [0.1, 0.15) is 18.9 Å². The van der Waals surface area contributed by atoms with Crippen LogP contribution in [0.15, 0.2) is 56.7 Å². The van der Waals surface area contributed by atoms with Crippen molar-refractivity contribution in [3.63, 3.8) is 0 Å². The van der Waals surface area contributed by atoms with Gasteiger partial charge >= 0.3 is 0 Å². The molecule has 0 aliphatic carbocycles. The Morgan fingerprint density at radius 1 is 1.15 bits per heavy atom. The number of nitrogens with one attached hydrogen (secondary N) is 1.